The lowest BCUT2D eigenvalue weighted by Crippen LogP contribution is -2.48. The number of aliphatic hydroxyl groups excluding tert-OH is 1. The molecule has 0 fully saturated rings. The predicted molar refractivity (Wildman–Crippen MR) is 107 cm³/mol. The molecule has 2 N–H and O–H groups in total. The molecule has 0 aliphatic carbocycles. The molecule has 1 aliphatic heterocycles. The van der Waals surface area contributed by atoms with Crippen molar-refractivity contribution in [2.75, 3.05) is 13.1 Å². The van der Waals surface area contributed by atoms with E-state index in [2.05, 4.69) is 19.2 Å². The fourth-order valence-electron chi connectivity index (χ4n) is 3.60. The molecule has 2 heterocycles. The summed E-state index contributed by atoms with van der Waals surface area (Å²) in [6.07, 6.45) is -0.624. The Bertz CT molecular complexity index is 802. The molecule has 6 heteroatoms. The second kappa shape index (κ2) is 8.23. The van der Waals surface area contributed by atoms with Crippen LogP contribution in [0.1, 0.15) is 53.5 Å². The quantitative estimate of drug-likeness (QED) is 0.801. The molecule has 3 rings (SSSR count). The third-order valence-electron chi connectivity index (χ3n) is 4.69. The molecule has 0 bridgehead atoms. The van der Waals surface area contributed by atoms with Gasteiger partial charge in [0.1, 0.15) is 0 Å². The van der Waals surface area contributed by atoms with Crippen LogP contribution in [0.3, 0.4) is 0 Å². The maximum Gasteiger partial charge on any atom is 0.254 e. The van der Waals surface area contributed by atoms with Gasteiger partial charge < -0.3 is 15.3 Å². The molecule has 0 radical (unpaired) electrons. The number of aliphatic hydroxyl groups is 1. The first-order chi connectivity index (χ1) is 12.9. The van der Waals surface area contributed by atoms with Crippen LogP contribution in [-0.4, -0.2) is 41.0 Å². The van der Waals surface area contributed by atoms with E-state index in [0.29, 0.717) is 12.1 Å². The van der Waals surface area contributed by atoms with Crippen LogP contribution >= 0.6 is 11.3 Å². The molecule has 3 atom stereocenters. The molecule has 0 saturated heterocycles. The second-order valence-corrected chi connectivity index (χ2v) is 8.45. The third-order valence-corrected chi connectivity index (χ3v) is 5.63. The van der Waals surface area contributed by atoms with Gasteiger partial charge in [-0.3, -0.25) is 9.59 Å². The molecule has 0 spiro atoms. The van der Waals surface area contributed by atoms with Crippen LogP contribution in [0.2, 0.25) is 0 Å². The van der Waals surface area contributed by atoms with Gasteiger partial charge in [-0.15, -0.1) is 11.3 Å². The summed E-state index contributed by atoms with van der Waals surface area (Å²) in [4.78, 5) is 29.2. The van der Waals surface area contributed by atoms with Gasteiger partial charge in [-0.1, -0.05) is 38.1 Å². The lowest BCUT2D eigenvalue weighted by molar-refractivity contribution is -0.124. The average molecular weight is 387 g/mol. The molecule has 1 aliphatic rings. The van der Waals surface area contributed by atoms with E-state index in [0.717, 1.165) is 10.4 Å². The van der Waals surface area contributed by atoms with Gasteiger partial charge >= 0.3 is 0 Å². The summed E-state index contributed by atoms with van der Waals surface area (Å²) in [5, 5.41) is 14.4. The molecule has 0 unspecified atom stereocenters. The molecule has 5 nitrogen and oxygen atoms in total. The number of nitrogens with zero attached hydrogens (tertiary/aromatic N) is 1. The Labute approximate surface area is 164 Å². The van der Waals surface area contributed by atoms with Crippen molar-refractivity contribution in [1.82, 2.24) is 10.2 Å². The Hall–Kier alpha value is -2.18. The fraction of sp³-hybridized carbons (Fsp3) is 0.429. The number of fused-ring (bicyclic) bond motifs is 1. The fourth-order valence-corrected chi connectivity index (χ4v) is 4.48. The van der Waals surface area contributed by atoms with Crippen LogP contribution in [0.15, 0.2) is 41.8 Å². The molecule has 1 aromatic carbocycles. The Kier molecular flexibility index (Phi) is 5.97. The number of thiophene rings is 1. The minimum Gasteiger partial charge on any atom is -0.392 e. The number of amides is 2. The van der Waals surface area contributed by atoms with Gasteiger partial charge in [0.2, 0.25) is 5.91 Å². The number of rotatable bonds is 6. The van der Waals surface area contributed by atoms with Crippen molar-refractivity contribution in [2.45, 2.75) is 38.8 Å². The van der Waals surface area contributed by atoms with Crippen molar-refractivity contribution >= 4 is 23.2 Å². The summed E-state index contributed by atoms with van der Waals surface area (Å²) in [5.74, 6) is -0.418. The summed E-state index contributed by atoms with van der Waals surface area (Å²) in [6.45, 7) is 6.55. The predicted octanol–water partition coefficient (Wildman–Crippen LogP) is 3.18. The zero-order valence-electron chi connectivity index (χ0n) is 15.9. The minimum absolute atomic E-state index is 0.0303. The summed E-state index contributed by atoms with van der Waals surface area (Å²) >= 11 is 1.56. The number of nitrogens with one attached hydrogen (secondary N) is 1. The van der Waals surface area contributed by atoms with Crippen molar-refractivity contribution in [3.8, 4) is 0 Å². The van der Waals surface area contributed by atoms with Crippen LogP contribution in [0.25, 0.3) is 0 Å². The van der Waals surface area contributed by atoms with E-state index < -0.39 is 12.0 Å². The van der Waals surface area contributed by atoms with Crippen molar-refractivity contribution in [3.05, 3.63) is 57.8 Å². The third kappa shape index (κ3) is 4.06. The highest BCUT2D eigenvalue weighted by atomic mass is 32.1. The molecule has 1 aromatic heterocycles. The monoisotopic (exact) mass is 386 g/mol. The first-order valence-electron chi connectivity index (χ1n) is 9.29. The van der Waals surface area contributed by atoms with Crippen molar-refractivity contribution in [2.24, 2.45) is 5.92 Å². The van der Waals surface area contributed by atoms with Crippen LogP contribution in [-0.2, 0) is 4.79 Å². The van der Waals surface area contributed by atoms with Gasteiger partial charge in [0.25, 0.3) is 5.91 Å². The molecule has 27 heavy (non-hydrogen) atoms. The lowest BCUT2D eigenvalue weighted by atomic mass is 9.81. The van der Waals surface area contributed by atoms with E-state index in [4.69, 9.17) is 0 Å². The molecule has 144 valence electrons. The highest BCUT2D eigenvalue weighted by Gasteiger charge is 2.44. The molecular formula is C21H26N2O3S. The van der Waals surface area contributed by atoms with Crippen LogP contribution in [0.5, 0.6) is 0 Å². The number of carbonyl (C=O) groups excluding carboxylic acids is 2. The highest BCUT2D eigenvalue weighted by Crippen LogP contribution is 2.44. The molecule has 2 amide bonds. The number of benzene rings is 1. The molecule has 0 saturated carbocycles. The summed E-state index contributed by atoms with van der Waals surface area (Å²) in [5.41, 5.74) is 1.34. The Morgan fingerprint density at radius 1 is 1.22 bits per heavy atom. The lowest BCUT2D eigenvalue weighted by Gasteiger charge is -2.42. The van der Waals surface area contributed by atoms with Crippen molar-refractivity contribution in [1.29, 1.82) is 0 Å². The zero-order chi connectivity index (χ0) is 19.6. The Morgan fingerprint density at radius 3 is 2.59 bits per heavy atom. The summed E-state index contributed by atoms with van der Waals surface area (Å²) < 4.78 is 0. The van der Waals surface area contributed by atoms with Crippen LogP contribution < -0.4 is 5.32 Å². The van der Waals surface area contributed by atoms with E-state index >= 15 is 0 Å². The Morgan fingerprint density at radius 2 is 1.96 bits per heavy atom. The van der Waals surface area contributed by atoms with Gasteiger partial charge in [-0.25, -0.2) is 0 Å². The van der Waals surface area contributed by atoms with E-state index in [1.807, 2.05) is 40.6 Å². The van der Waals surface area contributed by atoms with Gasteiger partial charge in [-0.2, -0.15) is 0 Å². The maximum absolute atomic E-state index is 13.3. The Balaban J connectivity index is 2.10. The largest absolute Gasteiger partial charge is 0.392 e. The van der Waals surface area contributed by atoms with E-state index in [-0.39, 0.29) is 30.3 Å². The number of carbonyl (C=O) groups is 2. The first-order valence-corrected chi connectivity index (χ1v) is 10.2. The van der Waals surface area contributed by atoms with Crippen LogP contribution in [0, 0.1) is 5.92 Å². The molecular weight excluding hydrogens is 360 g/mol. The smallest absolute Gasteiger partial charge is 0.254 e. The SMILES string of the molecule is CC(C)CN1C(=O)c2ccccc2[C@H](C(=O)NC[C@H](C)O)[C@@H]1c1cccs1. The van der Waals surface area contributed by atoms with Gasteiger partial charge in [0.15, 0.2) is 0 Å². The normalized spacial score (nSPS) is 20.5. The average Bonchev–Trinajstić information content (AvgIpc) is 3.15. The zero-order valence-corrected chi connectivity index (χ0v) is 16.7. The summed E-state index contributed by atoms with van der Waals surface area (Å²) in [7, 11) is 0. The van der Waals surface area contributed by atoms with E-state index in [1.165, 1.54) is 0 Å². The first kappa shape index (κ1) is 19.6. The topological polar surface area (TPSA) is 69.6 Å². The number of hydrogen-bond donors (Lipinski definition) is 2. The second-order valence-electron chi connectivity index (χ2n) is 7.47. The minimum atomic E-state index is -0.624. The maximum atomic E-state index is 13.3. The van der Waals surface area contributed by atoms with Crippen molar-refractivity contribution in [3.63, 3.8) is 0 Å². The number of hydrogen-bond acceptors (Lipinski definition) is 4. The molecule has 2 aromatic rings. The standard InChI is InChI=1S/C21H26N2O3S/c1-13(2)12-23-19(17-9-6-10-27-17)18(20(25)22-11-14(3)24)15-7-4-5-8-16(15)21(23)26/h4-10,13-14,18-19,24H,11-12H2,1-3H3,(H,22,25)/t14-,18-,19-/m0/s1. The van der Waals surface area contributed by atoms with Gasteiger partial charge in [0, 0.05) is 23.5 Å². The van der Waals surface area contributed by atoms with Gasteiger partial charge in [0.05, 0.1) is 18.1 Å². The van der Waals surface area contributed by atoms with E-state index in [1.54, 1.807) is 24.3 Å². The van der Waals surface area contributed by atoms with Gasteiger partial charge in [-0.05, 0) is 35.9 Å². The van der Waals surface area contributed by atoms with E-state index in [9.17, 15) is 14.7 Å². The highest BCUT2D eigenvalue weighted by molar-refractivity contribution is 7.10. The van der Waals surface area contributed by atoms with Crippen molar-refractivity contribution < 1.29 is 14.7 Å². The summed E-state index contributed by atoms with van der Waals surface area (Å²) in [6, 6.07) is 11.0. The van der Waals surface area contributed by atoms with Crippen LogP contribution in [0.4, 0.5) is 0 Å².